The number of aliphatic hydroxyl groups is 1. The summed E-state index contributed by atoms with van der Waals surface area (Å²) in [4.78, 5) is 22.8. The number of rotatable bonds is 11. The van der Waals surface area contributed by atoms with E-state index in [-0.39, 0.29) is 0 Å². The molecule has 2 aliphatic heterocycles. The summed E-state index contributed by atoms with van der Waals surface area (Å²) >= 11 is 0. The second kappa shape index (κ2) is 13.3. The zero-order valence-electron chi connectivity index (χ0n) is 20.6. The minimum Gasteiger partial charge on any atom is -0.421 e. The van der Waals surface area contributed by atoms with Crippen molar-refractivity contribution in [1.29, 1.82) is 0 Å². The third-order valence-corrected chi connectivity index (χ3v) is 5.68. The molecule has 0 aliphatic carbocycles. The Hall–Kier alpha value is -2.44. The van der Waals surface area contributed by atoms with Crippen molar-refractivity contribution in [3.8, 4) is 0 Å². The third kappa shape index (κ3) is 9.52. The van der Waals surface area contributed by atoms with Crippen LogP contribution in [0.5, 0.6) is 0 Å². The van der Waals surface area contributed by atoms with E-state index in [9.17, 15) is 14.7 Å². The third-order valence-electron chi connectivity index (χ3n) is 5.68. The fourth-order valence-electron chi connectivity index (χ4n) is 3.82. The molecule has 0 aromatic heterocycles. The van der Waals surface area contributed by atoms with Crippen molar-refractivity contribution in [2.45, 2.75) is 98.2 Å². The van der Waals surface area contributed by atoms with Crippen molar-refractivity contribution in [2.24, 2.45) is 0 Å². The molecule has 0 saturated heterocycles. The number of cyclic esters (lactones) is 1. The molecule has 0 spiro atoms. The molecule has 6 heteroatoms. The highest BCUT2D eigenvalue weighted by molar-refractivity contribution is 5.86. The van der Waals surface area contributed by atoms with Gasteiger partial charge < -0.3 is 19.3 Å². The van der Waals surface area contributed by atoms with Gasteiger partial charge in [-0.25, -0.2) is 4.79 Å². The monoisotopic (exact) mass is 458 g/mol. The van der Waals surface area contributed by atoms with Gasteiger partial charge in [-0.1, -0.05) is 41.0 Å². The lowest BCUT2D eigenvalue weighted by Crippen LogP contribution is -2.33. The Kier molecular flexibility index (Phi) is 10.8. The summed E-state index contributed by atoms with van der Waals surface area (Å²) in [6, 6.07) is 0. The van der Waals surface area contributed by atoms with E-state index in [2.05, 4.69) is 45.9 Å². The van der Waals surface area contributed by atoms with Gasteiger partial charge in [0.2, 0.25) is 0 Å². The molecule has 1 N–H and O–H groups in total. The standard InChI is InChI=1S/C27H38O6/c1-18(2)9-6-10-19(3)11-7-12-20(4)13-8-14-22-15-16-24(32-26(22)30)23-17-25(29)33-27(23)31-21(5)28/h9,11,13,15,17,24,26-27,30H,6-8,10,12,14,16H2,1-5H3/b19-11+,20-13+/t24-,26-,27+/m1/s1. The van der Waals surface area contributed by atoms with E-state index in [1.807, 2.05) is 6.08 Å². The number of allylic oxidation sites excluding steroid dienone is 6. The van der Waals surface area contributed by atoms with E-state index in [1.165, 1.54) is 29.7 Å². The Morgan fingerprint density at radius 3 is 2.30 bits per heavy atom. The Bertz CT molecular complexity index is 854. The van der Waals surface area contributed by atoms with E-state index in [0.29, 0.717) is 18.4 Å². The van der Waals surface area contributed by atoms with Gasteiger partial charge in [0.1, 0.15) is 0 Å². The van der Waals surface area contributed by atoms with Crippen LogP contribution in [0.2, 0.25) is 0 Å². The zero-order chi connectivity index (χ0) is 24.4. The number of carbonyl (C=O) groups excluding carboxylic acids is 2. The average molecular weight is 459 g/mol. The summed E-state index contributed by atoms with van der Waals surface area (Å²) in [5.41, 5.74) is 5.38. The molecule has 0 fully saturated rings. The molecule has 3 atom stereocenters. The highest BCUT2D eigenvalue weighted by Crippen LogP contribution is 2.31. The van der Waals surface area contributed by atoms with Crippen LogP contribution in [0.3, 0.4) is 0 Å². The van der Waals surface area contributed by atoms with E-state index in [1.54, 1.807) is 0 Å². The van der Waals surface area contributed by atoms with E-state index >= 15 is 0 Å². The van der Waals surface area contributed by atoms with Crippen molar-refractivity contribution >= 4 is 11.9 Å². The van der Waals surface area contributed by atoms with Gasteiger partial charge in [0, 0.05) is 18.6 Å². The van der Waals surface area contributed by atoms with Gasteiger partial charge in [-0.2, -0.15) is 0 Å². The molecule has 0 unspecified atom stereocenters. The summed E-state index contributed by atoms with van der Waals surface area (Å²) in [5.74, 6) is -1.13. The van der Waals surface area contributed by atoms with Crippen molar-refractivity contribution in [3.05, 3.63) is 58.2 Å². The van der Waals surface area contributed by atoms with Crippen LogP contribution in [0.25, 0.3) is 0 Å². The molecule has 2 rings (SSSR count). The number of esters is 2. The lowest BCUT2D eigenvalue weighted by molar-refractivity contribution is -0.176. The first kappa shape index (κ1) is 26.8. The first-order valence-corrected chi connectivity index (χ1v) is 11.7. The molecule has 2 aliphatic rings. The molecule has 0 aromatic rings. The minimum atomic E-state index is -1.09. The van der Waals surface area contributed by atoms with Crippen LogP contribution in [0, 0.1) is 0 Å². The fourth-order valence-corrected chi connectivity index (χ4v) is 3.82. The van der Waals surface area contributed by atoms with Crippen molar-refractivity contribution < 1.29 is 28.9 Å². The minimum absolute atomic E-state index is 0.421. The van der Waals surface area contributed by atoms with Gasteiger partial charge in [-0.15, -0.1) is 0 Å². The van der Waals surface area contributed by atoms with Gasteiger partial charge in [0.15, 0.2) is 6.29 Å². The van der Waals surface area contributed by atoms with Crippen LogP contribution in [0.15, 0.2) is 58.2 Å². The van der Waals surface area contributed by atoms with Crippen LogP contribution in [-0.4, -0.2) is 35.7 Å². The quantitative estimate of drug-likeness (QED) is 0.321. The maximum atomic E-state index is 11.6. The summed E-state index contributed by atoms with van der Waals surface area (Å²) in [6.07, 6.45) is 13.6. The summed E-state index contributed by atoms with van der Waals surface area (Å²) in [7, 11) is 0. The number of carbonyl (C=O) groups is 2. The molecule has 2 heterocycles. The first-order chi connectivity index (χ1) is 15.7. The first-order valence-electron chi connectivity index (χ1n) is 11.7. The summed E-state index contributed by atoms with van der Waals surface area (Å²) in [5, 5.41) is 10.4. The Balaban J connectivity index is 1.79. The van der Waals surface area contributed by atoms with Gasteiger partial charge in [0.25, 0.3) is 6.29 Å². The number of ether oxygens (including phenoxy) is 3. The molecular weight excluding hydrogens is 420 g/mol. The van der Waals surface area contributed by atoms with E-state index in [0.717, 1.165) is 37.7 Å². The smallest absolute Gasteiger partial charge is 0.334 e. The summed E-state index contributed by atoms with van der Waals surface area (Å²) in [6.45, 7) is 9.84. The van der Waals surface area contributed by atoms with Crippen LogP contribution in [-0.2, 0) is 23.8 Å². The molecule has 0 radical (unpaired) electrons. The Morgan fingerprint density at radius 1 is 1.06 bits per heavy atom. The van der Waals surface area contributed by atoms with Crippen LogP contribution in [0.4, 0.5) is 0 Å². The predicted molar refractivity (Wildman–Crippen MR) is 128 cm³/mol. The topological polar surface area (TPSA) is 82.1 Å². The van der Waals surface area contributed by atoms with E-state index in [4.69, 9.17) is 14.2 Å². The normalized spacial score (nSPS) is 23.6. The fraction of sp³-hybridized carbons (Fsp3) is 0.556. The highest BCUT2D eigenvalue weighted by Gasteiger charge is 2.37. The zero-order valence-corrected chi connectivity index (χ0v) is 20.6. The highest BCUT2D eigenvalue weighted by atomic mass is 16.7. The SMILES string of the molecule is CC(=O)O[C@H]1OC(=O)C=C1[C@H]1CC=C(CC/C=C(\C)CC/C=C(\C)CCC=C(C)C)[C@H](O)O1. The van der Waals surface area contributed by atoms with Crippen LogP contribution in [0.1, 0.15) is 79.6 Å². The van der Waals surface area contributed by atoms with Crippen LogP contribution >= 0.6 is 0 Å². The average Bonchev–Trinajstić information content (AvgIpc) is 3.08. The van der Waals surface area contributed by atoms with Gasteiger partial charge in [-0.05, 0) is 78.2 Å². The maximum Gasteiger partial charge on any atom is 0.334 e. The molecule has 182 valence electrons. The number of hydrogen-bond donors (Lipinski definition) is 1. The molecule has 0 saturated carbocycles. The van der Waals surface area contributed by atoms with Gasteiger partial charge in [0.05, 0.1) is 6.10 Å². The largest absolute Gasteiger partial charge is 0.421 e. The second-order valence-electron chi connectivity index (χ2n) is 9.01. The van der Waals surface area contributed by atoms with Crippen molar-refractivity contribution in [1.82, 2.24) is 0 Å². The maximum absolute atomic E-state index is 11.6. The Morgan fingerprint density at radius 2 is 1.70 bits per heavy atom. The molecule has 0 bridgehead atoms. The lowest BCUT2D eigenvalue weighted by atomic mass is 9.98. The molecule has 33 heavy (non-hydrogen) atoms. The van der Waals surface area contributed by atoms with Gasteiger partial charge in [-0.3, -0.25) is 4.79 Å². The molecular formula is C27H38O6. The van der Waals surface area contributed by atoms with Crippen LogP contribution < -0.4 is 0 Å². The van der Waals surface area contributed by atoms with Crippen molar-refractivity contribution in [2.75, 3.05) is 0 Å². The molecule has 0 amide bonds. The molecule has 6 nitrogen and oxygen atoms in total. The summed E-state index contributed by atoms with van der Waals surface area (Å²) < 4.78 is 15.7. The number of aliphatic hydroxyl groups excluding tert-OH is 1. The molecule has 0 aromatic carbocycles. The second-order valence-corrected chi connectivity index (χ2v) is 9.01. The van der Waals surface area contributed by atoms with E-state index < -0.39 is 30.6 Å². The lowest BCUT2D eigenvalue weighted by Gasteiger charge is -2.29. The predicted octanol–water partition coefficient (Wildman–Crippen LogP) is 5.59. The van der Waals surface area contributed by atoms with Gasteiger partial charge >= 0.3 is 11.9 Å². The number of hydrogen-bond acceptors (Lipinski definition) is 6. The van der Waals surface area contributed by atoms with Crippen molar-refractivity contribution in [3.63, 3.8) is 0 Å². The Labute approximate surface area is 197 Å².